The summed E-state index contributed by atoms with van der Waals surface area (Å²) >= 11 is 1.86. The lowest BCUT2D eigenvalue weighted by atomic mass is 9.83. The number of hydrogen-bond donors (Lipinski definition) is 2. The molecule has 2 aliphatic heterocycles. The zero-order chi connectivity index (χ0) is 13.2. The molecule has 3 atom stereocenters. The molecule has 2 saturated heterocycles. The maximum Gasteiger partial charge on any atom is 0.0243 e. The van der Waals surface area contributed by atoms with E-state index in [9.17, 15) is 0 Å². The fourth-order valence-electron chi connectivity index (χ4n) is 3.99. The van der Waals surface area contributed by atoms with Crippen molar-refractivity contribution in [3.63, 3.8) is 0 Å². The number of nitrogens with two attached hydrogens (primary N) is 1. The van der Waals surface area contributed by atoms with Gasteiger partial charge in [-0.2, -0.15) is 0 Å². The van der Waals surface area contributed by atoms with E-state index in [1.165, 1.54) is 37.0 Å². The van der Waals surface area contributed by atoms with E-state index in [1.807, 2.05) is 11.3 Å². The summed E-state index contributed by atoms with van der Waals surface area (Å²) in [6, 6.07) is 6.47. The largest absolute Gasteiger partial charge is 0.300 e. The van der Waals surface area contributed by atoms with Crippen LogP contribution in [0.5, 0.6) is 0 Å². The number of fused-ring (bicyclic) bond motifs is 2. The quantitative estimate of drug-likeness (QED) is 0.642. The van der Waals surface area contributed by atoms with Gasteiger partial charge in [-0.3, -0.25) is 11.3 Å². The molecule has 3 nitrogen and oxygen atoms in total. The van der Waals surface area contributed by atoms with Gasteiger partial charge in [-0.15, -0.1) is 11.3 Å². The third kappa shape index (κ3) is 2.87. The van der Waals surface area contributed by atoms with Gasteiger partial charge in [-0.1, -0.05) is 6.07 Å². The molecule has 0 aliphatic carbocycles. The van der Waals surface area contributed by atoms with Crippen LogP contribution >= 0.6 is 11.3 Å². The highest BCUT2D eigenvalue weighted by atomic mass is 32.1. The van der Waals surface area contributed by atoms with Crippen molar-refractivity contribution in [1.29, 1.82) is 0 Å². The third-order valence-corrected chi connectivity index (χ3v) is 6.14. The SMILES string of the molecule is CN1C2CCC1CC(C(CCc1cccs1)NN)C2. The van der Waals surface area contributed by atoms with Crippen LogP contribution in [0.25, 0.3) is 0 Å². The Hall–Kier alpha value is -0.420. The maximum absolute atomic E-state index is 5.83. The highest BCUT2D eigenvalue weighted by Crippen LogP contribution is 2.39. The van der Waals surface area contributed by atoms with E-state index in [4.69, 9.17) is 5.84 Å². The first-order chi connectivity index (χ1) is 9.28. The zero-order valence-electron chi connectivity index (χ0n) is 11.7. The topological polar surface area (TPSA) is 41.3 Å². The Labute approximate surface area is 120 Å². The monoisotopic (exact) mass is 279 g/mol. The van der Waals surface area contributed by atoms with Crippen molar-refractivity contribution in [2.45, 2.75) is 56.7 Å². The van der Waals surface area contributed by atoms with Crippen LogP contribution in [-0.2, 0) is 6.42 Å². The maximum atomic E-state index is 5.83. The number of nitrogens with one attached hydrogen (secondary N) is 1. The van der Waals surface area contributed by atoms with Gasteiger partial charge >= 0.3 is 0 Å². The minimum atomic E-state index is 0.485. The average molecular weight is 279 g/mol. The standard InChI is InChI=1S/C15H25N3S/c1-18-12-4-5-13(18)10-11(9-12)15(17-16)7-6-14-3-2-8-19-14/h2-3,8,11-13,15,17H,4-7,9-10,16H2,1H3. The molecular formula is C15H25N3S. The molecule has 106 valence electrons. The van der Waals surface area contributed by atoms with Crippen LogP contribution < -0.4 is 11.3 Å². The Kier molecular flexibility index (Phi) is 4.22. The van der Waals surface area contributed by atoms with Crippen molar-refractivity contribution in [1.82, 2.24) is 10.3 Å². The van der Waals surface area contributed by atoms with Crippen LogP contribution in [0.4, 0.5) is 0 Å². The summed E-state index contributed by atoms with van der Waals surface area (Å²) in [4.78, 5) is 4.08. The highest BCUT2D eigenvalue weighted by molar-refractivity contribution is 7.09. The minimum absolute atomic E-state index is 0.485. The molecule has 3 rings (SSSR count). The summed E-state index contributed by atoms with van der Waals surface area (Å²) < 4.78 is 0. The van der Waals surface area contributed by atoms with E-state index in [2.05, 4.69) is 34.9 Å². The van der Waals surface area contributed by atoms with Crippen molar-refractivity contribution in [3.8, 4) is 0 Å². The summed E-state index contributed by atoms with van der Waals surface area (Å²) in [5.41, 5.74) is 3.10. The minimum Gasteiger partial charge on any atom is -0.300 e. The van der Waals surface area contributed by atoms with E-state index < -0.39 is 0 Å². The van der Waals surface area contributed by atoms with E-state index in [1.54, 1.807) is 0 Å². The van der Waals surface area contributed by atoms with Crippen LogP contribution in [0.2, 0.25) is 0 Å². The van der Waals surface area contributed by atoms with Gasteiger partial charge in [0, 0.05) is 23.0 Å². The molecule has 3 N–H and O–H groups in total. The molecule has 1 aromatic heterocycles. The molecule has 1 aromatic rings. The van der Waals surface area contributed by atoms with Crippen LogP contribution in [0, 0.1) is 5.92 Å². The number of rotatable bonds is 5. The molecule has 2 bridgehead atoms. The highest BCUT2D eigenvalue weighted by Gasteiger charge is 2.40. The van der Waals surface area contributed by atoms with Gasteiger partial charge in [0.15, 0.2) is 0 Å². The van der Waals surface area contributed by atoms with Gasteiger partial charge in [0.1, 0.15) is 0 Å². The molecule has 3 unspecified atom stereocenters. The molecular weight excluding hydrogens is 254 g/mol. The predicted octanol–water partition coefficient (Wildman–Crippen LogP) is 2.39. The number of piperidine rings is 1. The number of hydrogen-bond acceptors (Lipinski definition) is 4. The first kappa shape index (κ1) is 13.6. The fourth-order valence-corrected chi connectivity index (χ4v) is 4.71. The van der Waals surface area contributed by atoms with Crippen molar-refractivity contribution >= 4 is 11.3 Å². The Morgan fingerprint density at radius 1 is 1.42 bits per heavy atom. The summed E-state index contributed by atoms with van der Waals surface area (Å²) in [5.74, 6) is 6.59. The molecule has 4 heteroatoms. The van der Waals surface area contributed by atoms with Crippen molar-refractivity contribution < 1.29 is 0 Å². The van der Waals surface area contributed by atoms with Gasteiger partial charge in [-0.05, 0) is 62.9 Å². The molecule has 0 amide bonds. The predicted molar refractivity (Wildman–Crippen MR) is 81.0 cm³/mol. The van der Waals surface area contributed by atoms with Crippen LogP contribution in [0.15, 0.2) is 17.5 Å². The number of thiophene rings is 1. The summed E-state index contributed by atoms with van der Waals surface area (Å²) in [6.45, 7) is 0. The molecule has 0 aromatic carbocycles. The van der Waals surface area contributed by atoms with Crippen molar-refractivity contribution in [3.05, 3.63) is 22.4 Å². The molecule has 19 heavy (non-hydrogen) atoms. The van der Waals surface area contributed by atoms with Gasteiger partial charge in [0.05, 0.1) is 0 Å². The first-order valence-electron chi connectivity index (χ1n) is 7.48. The second-order valence-electron chi connectivity index (χ2n) is 6.17. The Balaban J connectivity index is 1.57. The molecule has 0 saturated carbocycles. The number of nitrogens with zero attached hydrogens (tertiary/aromatic N) is 1. The zero-order valence-corrected chi connectivity index (χ0v) is 12.5. The first-order valence-corrected chi connectivity index (χ1v) is 8.36. The van der Waals surface area contributed by atoms with Crippen LogP contribution in [0.1, 0.15) is 37.0 Å². The Morgan fingerprint density at radius 2 is 2.16 bits per heavy atom. The van der Waals surface area contributed by atoms with Gasteiger partial charge < -0.3 is 4.90 Å². The lowest BCUT2D eigenvalue weighted by molar-refractivity contribution is 0.110. The third-order valence-electron chi connectivity index (χ3n) is 5.20. The molecule has 3 heterocycles. The number of hydrazine groups is 1. The van der Waals surface area contributed by atoms with E-state index in [0.717, 1.165) is 24.4 Å². The second kappa shape index (κ2) is 5.92. The summed E-state index contributed by atoms with van der Waals surface area (Å²) in [5, 5.41) is 2.16. The Morgan fingerprint density at radius 3 is 2.74 bits per heavy atom. The Bertz CT molecular complexity index is 378. The van der Waals surface area contributed by atoms with Gasteiger partial charge in [0.25, 0.3) is 0 Å². The average Bonchev–Trinajstić information content (AvgIpc) is 2.97. The van der Waals surface area contributed by atoms with Gasteiger partial charge in [0.2, 0.25) is 0 Å². The second-order valence-corrected chi connectivity index (χ2v) is 7.21. The lowest BCUT2D eigenvalue weighted by Gasteiger charge is -2.39. The smallest absolute Gasteiger partial charge is 0.0243 e. The van der Waals surface area contributed by atoms with Crippen LogP contribution in [-0.4, -0.2) is 30.1 Å². The molecule has 0 radical (unpaired) electrons. The van der Waals surface area contributed by atoms with Crippen molar-refractivity contribution in [2.75, 3.05) is 7.05 Å². The summed E-state index contributed by atoms with van der Waals surface area (Å²) in [6.07, 6.45) is 7.76. The van der Waals surface area contributed by atoms with E-state index in [-0.39, 0.29) is 0 Å². The van der Waals surface area contributed by atoms with Crippen LogP contribution in [0.3, 0.4) is 0 Å². The molecule has 2 aliphatic rings. The number of aryl methyl sites for hydroxylation is 1. The normalized spacial score (nSPS) is 32.6. The summed E-state index contributed by atoms with van der Waals surface area (Å²) in [7, 11) is 2.30. The molecule has 2 fully saturated rings. The molecule has 0 spiro atoms. The van der Waals surface area contributed by atoms with E-state index in [0.29, 0.717) is 6.04 Å². The van der Waals surface area contributed by atoms with Gasteiger partial charge in [-0.25, -0.2) is 0 Å². The van der Waals surface area contributed by atoms with E-state index >= 15 is 0 Å². The fraction of sp³-hybridized carbons (Fsp3) is 0.733. The lowest BCUT2D eigenvalue weighted by Crippen LogP contribution is -2.49. The van der Waals surface area contributed by atoms with Crippen molar-refractivity contribution in [2.24, 2.45) is 11.8 Å².